The van der Waals surface area contributed by atoms with Crippen molar-refractivity contribution in [3.8, 4) is 22.0 Å². The molecule has 5 heterocycles. The first-order chi connectivity index (χ1) is 19.0. The van der Waals surface area contributed by atoms with Crippen LogP contribution in [-0.4, -0.2) is 62.7 Å². The predicted octanol–water partition coefficient (Wildman–Crippen LogP) is 5.82. The van der Waals surface area contributed by atoms with Gasteiger partial charge in [-0.2, -0.15) is 17.5 Å². The lowest BCUT2D eigenvalue weighted by atomic mass is 10.1. The lowest BCUT2D eigenvalue weighted by Gasteiger charge is -2.24. The van der Waals surface area contributed by atoms with Gasteiger partial charge < -0.3 is 19.9 Å². The van der Waals surface area contributed by atoms with Crippen LogP contribution in [0, 0.1) is 6.92 Å². The van der Waals surface area contributed by atoms with E-state index in [1.54, 1.807) is 29.8 Å². The number of nitrogens with one attached hydrogen (secondary N) is 2. The fourth-order valence-corrected chi connectivity index (χ4v) is 5.93. The zero-order valence-corrected chi connectivity index (χ0v) is 24.8. The summed E-state index contributed by atoms with van der Waals surface area (Å²) in [6.07, 6.45) is -0.276. The van der Waals surface area contributed by atoms with E-state index < -0.39 is 19.8 Å². The number of piperidine rings is 1. The fourth-order valence-electron chi connectivity index (χ4n) is 4.53. The molecule has 0 radical (unpaired) electrons. The number of aryl methyl sites for hydroxylation is 1. The van der Waals surface area contributed by atoms with Crippen molar-refractivity contribution in [2.75, 3.05) is 25.0 Å². The third-order valence-corrected chi connectivity index (χ3v) is 9.21. The quantitative estimate of drug-likeness (QED) is 0.186. The van der Waals surface area contributed by atoms with Gasteiger partial charge in [0.15, 0.2) is 5.01 Å². The Morgan fingerprint density at radius 3 is 2.70 bits per heavy atom. The van der Waals surface area contributed by atoms with Gasteiger partial charge in [0.05, 0.1) is 5.69 Å². The topological polar surface area (TPSA) is 103 Å². The Balaban J connectivity index is 1.58. The van der Waals surface area contributed by atoms with Gasteiger partial charge in [-0.05, 0) is 56.0 Å². The molecule has 0 amide bonds. The molecule has 214 valence electrons. The first-order valence-corrected chi connectivity index (χ1v) is 17.8. The summed E-state index contributed by atoms with van der Waals surface area (Å²) in [5.41, 5.74) is 0.308. The van der Waals surface area contributed by atoms with Crippen LogP contribution >= 0.6 is 11.5 Å². The van der Waals surface area contributed by atoms with E-state index in [2.05, 4.69) is 49.6 Å². The number of fused-ring (bicyclic) bond motifs is 1. The number of halogens is 3. The van der Waals surface area contributed by atoms with Crippen LogP contribution < -0.4 is 10.6 Å². The molecule has 9 nitrogen and oxygen atoms in total. The molecule has 0 spiro atoms. The smallest absolute Gasteiger partial charge is 0.361 e. The number of ether oxygens (including phenoxy) is 1. The van der Waals surface area contributed by atoms with E-state index >= 15 is 0 Å². The van der Waals surface area contributed by atoms with Gasteiger partial charge >= 0.3 is 6.18 Å². The molecule has 14 heteroatoms. The maximum absolute atomic E-state index is 14.2. The van der Waals surface area contributed by atoms with Crippen LogP contribution in [0.4, 0.5) is 19.1 Å². The third kappa shape index (κ3) is 6.67. The lowest BCUT2D eigenvalue weighted by Crippen LogP contribution is -2.38. The second kappa shape index (κ2) is 11.5. The molecule has 1 fully saturated rings. The maximum Gasteiger partial charge on any atom is 0.419 e. The summed E-state index contributed by atoms with van der Waals surface area (Å²) in [6, 6.07) is 4.53. The zero-order chi connectivity index (χ0) is 28.5. The van der Waals surface area contributed by atoms with Gasteiger partial charge in [-0.25, -0.2) is 19.9 Å². The third-order valence-electron chi connectivity index (χ3n) is 6.68. The molecule has 1 aliphatic heterocycles. The van der Waals surface area contributed by atoms with Crippen molar-refractivity contribution >= 4 is 36.6 Å². The highest BCUT2D eigenvalue weighted by Crippen LogP contribution is 2.39. The average molecular weight is 591 g/mol. The van der Waals surface area contributed by atoms with Gasteiger partial charge in [0.25, 0.3) is 0 Å². The van der Waals surface area contributed by atoms with E-state index in [0.29, 0.717) is 46.3 Å². The summed E-state index contributed by atoms with van der Waals surface area (Å²) in [5, 5.41) is 7.67. The molecular formula is C26H33F3N8OSSi. The SMILES string of the molecule is Cc1nsc(-c2ccc3c(-c4nc(N[C@H]5CCCNC5)ncc4C(F)(F)F)cn(COCC[Si](C)(C)C)c3n2)n1. The molecule has 0 aliphatic carbocycles. The highest BCUT2D eigenvalue weighted by atomic mass is 32.1. The van der Waals surface area contributed by atoms with Crippen LogP contribution in [0.3, 0.4) is 0 Å². The Labute approximate surface area is 235 Å². The second-order valence-electron chi connectivity index (χ2n) is 11.2. The Bertz CT molecular complexity index is 1480. The molecule has 1 aliphatic rings. The molecular weight excluding hydrogens is 557 g/mol. The van der Waals surface area contributed by atoms with Crippen LogP contribution in [0.15, 0.2) is 24.5 Å². The van der Waals surface area contributed by atoms with E-state index in [0.717, 1.165) is 31.6 Å². The van der Waals surface area contributed by atoms with Crippen molar-refractivity contribution in [2.24, 2.45) is 0 Å². The minimum atomic E-state index is -4.64. The highest BCUT2D eigenvalue weighted by Gasteiger charge is 2.36. The van der Waals surface area contributed by atoms with Crippen LogP contribution in [0.1, 0.15) is 24.2 Å². The van der Waals surface area contributed by atoms with Gasteiger partial charge in [0, 0.05) is 50.6 Å². The van der Waals surface area contributed by atoms with Crippen molar-refractivity contribution in [1.82, 2.24) is 34.2 Å². The highest BCUT2D eigenvalue weighted by molar-refractivity contribution is 7.09. The second-order valence-corrected chi connectivity index (χ2v) is 17.6. The predicted molar refractivity (Wildman–Crippen MR) is 153 cm³/mol. The largest absolute Gasteiger partial charge is 0.419 e. The molecule has 0 aromatic carbocycles. The molecule has 2 N–H and O–H groups in total. The normalized spacial score (nSPS) is 16.5. The monoisotopic (exact) mass is 590 g/mol. The standard InChI is InChI=1S/C26H33F3N8OSSi/c1-16-32-24(39-36-16)21-8-7-18-19(14-37(23(18)34-21)15-38-10-11-40(2,3)4)22-20(26(27,28)29)13-31-25(35-22)33-17-6-5-9-30-12-17/h7-8,13-14,17,30H,5-6,9-12,15H2,1-4H3,(H,31,33,35)/t17-/m0/s1. The van der Waals surface area contributed by atoms with E-state index in [-0.39, 0.29) is 24.4 Å². The first-order valence-electron chi connectivity index (χ1n) is 13.3. The zero-order valence-electron chi connectivity index (χ0n) is 23.0. The van der Waals surface area contributed by atoms with Crippen molar-refractivity contribution in [2.45, 2.75) is 64.4 Å². The first kappa shape index (κ1) is 28.6. The van der Waals surface area contributed by atoms with Crippen LogP contribution in [0.2, 0.25) is 25.7 Å². The summed E-state index contributed by atoms with van der Waals surface area (Å²) in [4.78, 5) is 17.7. The number of rotatable bonds is 9. The summed E-state index contributed by atoms with van der Waals surface area (Å²) >= 11 is 1.23. The minimum Gasteiger partial charge on any atom is -0.361 e. The van der Waals surface area contributed by atoms with E-state index in [1.165, 1.54) is 11.5 Å². The molecule has 1 saturated heterocycles. The average Bonchev–Trinajstić information content (AvgIpc) is 3.49. The van der Waals surface area contributed by atoms with Crippen molar-refractivity contribution in [1.29, 1.82) is 0 Å². The van der Waals surface area contributed by atoms with Gasteiger partial charge in [-0.1, -0.05) is 19.6 Å². The van der Waals surface area contributed by atoms with E-state index in [1.807, 2.05) is 0 Å². The van der Waals surface area contributed by atoms with Gasteiger partial charge in [-0.3, -0.25) is 0 Å². The summed E-state index contributed by atoms with van der Waals surface area (Å²) in [6.45, 7) is 10.9. The van der Waals surface area contributed by atoms with Gasteiger partial charge in [0.2, 0.25) is 5.95 Å². The summed E-state index contributed by atoms with van der Waals surface area (Å²) < 4.78 is 54.6. The number of hydrogen-bond donors (Lipinski definition) is 2. The van der Waals surface area contributed by atoms with E-state index in [4.69, 9.17) is 9.72 Å². The van der Waals surface area contributed by atoms with Crippen LogP contribution in [0.25, 0.3) is 33.0 Å². The summed E-state index contributed by atoms with van der Waals surface area (Å²) in [7, 11) is -1.32. The minimum absolute atomic E-state index is 0.0408. The van der Waals surface area contributed by atoms with Crippen molar-refractivity contribution in [3.05, 3.63) is 35.9 Å². The molecule has 1 atom stereocenters. The van der Waals surface area contributed by atoms with E-state index in [9.17, 15) is 13.2 Å². The molecule has 0 saturated carbocycles. The molecule has 5 rings (SSSR count). The number of anilines is 1. The molecule has 4 aromatic rings. The Morgan fingerprint density at radius 1 is 1.20 bits per heavy atom. The Morgan fingerprint density at radius 2 is 2.02 bits per heavy atom. The number of hydrogen-bond acceptors (Lipinski definition) is 9. The van der Waals surface area contributed by atoms with Crippen LogP contribution in [-0.2, 0) is 17.6 Å². The van der Waals surface area contributed by atoms with Gasteiger partial charge in [-0.15, -0.1) is 0 Å². The van der Waals surface area contributed by atoms with Crippen molar-refractivity contribution < 1.29 is 17.9 Å². The molecule has 40 heavy (non-hydrogen) atoms. The Kier molecular flexibility index (Phi) is 8.22. The molecule has 0 bridgehead atoms. The molecule has 4 aromatic heterocycles. The number of alkyl halides is 3. The fraction of sp³-hybridized carbons (Fsp3) is 0.500. The number of pyridine rings is 1. The van der Waals surface area contributed by atoms with Gasteiger partial charge in [0.1, 0.15) is 29.5 Å². The number of nitrogens with zero attached hydrogens (tertiary/aromatic N) is 6. The molecule has 0 unspecified atom stereocenters. The summed E-state index contributed by atoms with van der Waals surface area (Å²) in [5.74, 6) is 0.801. The van der Waals surface area contributed by atoms with Crippen molar-refractivity contribution in [3.63, 3.8) is 0 Å². The Hall–Kier alpha value is -2.94. The maximum atomic E-state index is 14.2. The lowest BCUT2D eigenvalue weighted by molar-refractivity contribution is -0.137. The van der Waals surface area contributed by atoms with Crippen LogP contribution in [0.5, 0.6) is 0 Å². The number of aromatic nitrogens is 6.